The Morgan fingerprint density at radius 2 is 2.21 bits per heavy atom. The maximum Gasteiger partial charge on any atom is 0.121 e. The summed E-state index contributed by atoms with van der Waals surface area (Å²) in [5.74, 6) is 0. The van der Waals surface area contributed by atoms with Crippen molar-refractivity contribution in [3.05, 3.63) is 16.1 Å². The van der Waals surface area contributed by atoms with Gasteiger partial charge in [-0.3, -0.25) is 0 Å². The van der Waals surface area contributed by atoms with Crippen molar-refractivity contribution < 1.29 is 4.74 Å². The Morgan fingerprint density at radius 1 is 1.50 bits per heavy atom. The number of nitrogens with zero attached hydrogens (tertiary/aromatic N) is 1. The topological polar surface area (TPSA) is 34.1 Å². The van der Waals surface area contributed by atoms with E-state index in [2.05, 4.69) is 24.1 Å². The van der Waals surface area contributed by atoms with Crippen molar-refractivity contribution in [1.29, 1.82) is 0 Å². The number of hydrogen-bond acceptors (Lipinski definition) is 4. The molecule has 0 amide bonds. The first-order valence-corrected chi connectivity index (χ1v) is 5.66. The molecule has 0 aromatic carbocycles. The Morgan fingerprint density at radius 3 is 2.79 bits per heavy atom. The number of rotatable bonds is 5. The van der Waals surface area contributed by atoms with E-state index in [0.717, 1.165) is 11.6 Å². The molecule has 1 unspecified atom stereocenters. The number of ether oxygens (including phenoxy) is 1. The third-order valence-electron chi connectivity index (χ3n) is 1.96. The fraction of sp³-hybridized carbons (Fsp3) is 0.700. The lowest BCUT2D eigenvalue weighted by atomic mass is 10.4. The zero-order valence-electron chi connectivity index (χ0n) is 9.20. The summed E-state index contributed by atoms with van der Waals surface area (Å²) in [6.45, 7) is 7.18. The van der Waals surface area contributed by atoms with Crippen molar-refractivity contribution in [3.63, 3.8) is 0 Å². The molecule has 80 valence electrons. The number of hydrogen-bond donors (Lipinski definition) is 1. The van der Waals surface area contributed by atoms with Crippen molar-refractivity contribution in [2.75, 3.05) is 7.11 Å². The van der Waals surface area contributed by atoms with Gasteiger partial charge < -0.3 is 10.1 Å². The molecule has 1 aromatic heterocycles. The quantitative estimate of drug-likeness (QED) is 0.817. The van der Waals surface area contributed by atoms with E-state index in [0.29, 0.717) is 6.04 Å². The first-order valence-electron chi connectivity index (χ1n) is 4.84. The van der Waals surface area contributed by atoms with E-state index in [1.54, 1.807) is 18.4 Å². The standard InChI is InChI=1S/C10H18N2OS/c1-7(2)11-5-9-6-12-10(14-9)8(3)13-4/h6-8,11H,5H2,1-4H3. The zero-order valence-corrected chi connectivity index (χ0v) is 10.0. The van der Waals surface area contributed by atoms with Crippen LogP contribution >= 0.6 is 11.3 Å². The second kappa shape index (κ2) is 5.44. The normalized spacial score (nSPS) is 13.5. The lowest BCUT2D eigenvalue weighted by molar-refractivity contribution is 0.119. The summed E-state index contributed by atoms with van der Waals surface area (Å²) in [5, 5.41) is 4.41. The van der Waals surface area contributed by atoms with Crippen LogP contribution in [0.15, 0.2) is 6.20 Å². The van der Waals surface area contributed by atoms with E-state index in [1.165, 1.54) is 4.88 Å². The van der Waals surface area contributed by atoms with Crippen LogP contribution in [0, 0.1) is 0 Å². The van der Waals surface area contributed by atoms with Crippen LogP contribution in [0.3, 0.4) is 0 Å². The van der Waals surface area contributed by atoms with Crippen molar-refractivity contribution in [2.24, 2.45) is 0 Å². The van der Waals surface area contributed by atoms with Gasteiger partial charge in [-0.05, 0) is 6.92 Å². The molecule has 1 aromatic rings. The van der Waals surface area contributed by atoms with Crippen LogP contribution in [0.25, 0.3) is 0 Å². The summed E-state index contributed by atoms with van der Waals surface area (Å²) in [5.41, 5.74) is 0. The van der Waals surface area contributed by atoms with Gasteiger partial charge in [0.2, 0.25) is 0 Å². The molecule has 3 nitrogen and oxygen atoms in total. The summed E-state index contributed by atoms with van der Waals surface area (Å²) in [6.07, 6.45) is 2.03. The van der Waals surface area contributed by atoms with Crippen LogP contribution in [-0.2, 0) is 11.3 Å². The molecule has 0 fully saturated rings. The lowest BCUT2D eigenvalue weighted by Gasteiger charge is -2.05. The van der Waals surface area contributed by atoms with E-state index in [1.807, 2.05) is 13.1 Å². The molecule has 0 saturated heterocycles. The highest BCUT2D eigenvalue weighted by Gasteiger charge is 2.08. The molecule has 1 rings (SSSR count). The van der Waals surface area contributed by atoms with E-state index in [4.69, 9.17) is 4.74 Å². The predicted molar refractivity (Wildman–Crippen MR) is 59.5 cm³/mol. The van der Waals surface area contributed by atoms with Crippen LogP contribution in [-0.4, -0.2) is 18.1 Å². The van der Waals surface area contributed by atoms with Gasteiger partial charge in [-0.1, -0.05) is 13.8 Å². The molecular weight excluding hydrogens is 196 g/mol. The number of thiazole rings is 1. The fourth-order valence-corrected chi connectivity index (χ4v) is 1.89. The fourth-order valence-electron chi connectivity index (χ4n) is 0.998. The minimum atomic E-state index is 0.104. The molecular formula is C10H18N2OS. The summed E-state index contributed by atoms with van der Waals surface area (Å²) in [4.78, 5) is 5.58. The van der Waals surface area contributed by atoms with Gasteiger partial charge in [0.15, 0.2) is 0 Å². The van der Waals surface area contributed by atoms with Gasteiger partial charge in [0.25, 0.3) is 0 Å². The predicted octanol–water partition coefficient (Wildman–Crippen LogP) is 2.35. The Balaban J connectivity index is 2.50. The monoisotopic (exact) mass is 214 g/mol. The van der Waals surface area contributed by atoms with Crippen LogP contribution in [0.1, 0.15) is 36.8 Å². The molecule has 14 heavy (non-hydrogen) atoms. The Bertz CT molecular complexity index is 273. The maximum absolute atomic E-state index is 5.20. The van der Waals surface area contributed by atoms with E-state index < -0.39 is 0 Å². The summed E-state index contributed by atoms with van der Waals surface area (Å²) in [6, 6.07) is 0.514. The third kappa shape index (κ3) is 3.36. The summed E-state index contributed by atoms with van der Waals surface area (Å²) in [7, 11) is 1.71. The average Bonchev–Trinajstić information content (AvgIpc) is 2.62. The van der Waals surface area contributed by atoms with Crippen LogP contribution in [0.5, 0.6) is 0 Å². The Kier molecular flexibility index (Phi) is 4.51. The third-order valence-corrected chi connectivity index (χ3v) is 3.12. The minimum Gasteiger partial charge on any atom is -0.375 e. The first-order chi connectivity index (χ1) is 6.63. The van der Waals surface area contributed by atoms with Crippen molar-refractivity contribution in [3.8, 4) is 0 Å². The lowest BCUT2D eigenvalue weighted by Crippen LogP contribution is -2.21. The Hall–Kier alpha value is -0.450. The second-order valence-electron chi connectivity index (χ2n) is 3.58. The van der Waals surface area contributed by atoms with Gasteiger partial charge >= 0.3 is 0 Å². The molecule has 0 bridgehead atoms. The van der Waals surface area contributed by atoms with Gasteiger partial charge in [0.05, 0.1) is 0 Å². The molecule has 1 N–H and O–H groups in total. The van der Waals surface area contributed by atoms with Crippen molar-refractivity contribution in [1.82, 2.24) is 10.3 Å². The molecule has 0 aliphatic rings. The molecule has 0 spiro atoms. The van der Waals surface area contributed by atoms with Gasteiger partial charge in [0, 0.05) is 30.8 Å². The Labute approximate surface area is 89.5 Å². The highest BCUT2D eigenvalue weighted by molar-refractivity contribution is 7.11. The van der Waals surface area contributed by atoms with Crippen molar-refractivity contribution >= 4 is 11.3 Å². The van der Waals surface area contributed by atoms with Crippen LogP contribution in [0.4, 0.5) is 0 Å². The SMILES string of the molecule is COC(C)c1ncc(CNC(C)C)s1. The maximum atomic E-state index is 5.20. The van der Waals surface area contributed by atoms with E-state index in [9.17, 15) is 0 Å². The van der Waals surface area contributed by atoms with Gasteiger partial charge in [-0.25, -0.2) is 4.98 Å². The van der Waals surface area contributed by atoms with Gasteiger partial charge in [-0.2, -0.15) is 0 Å². The van der Waals surface area contributed by atoms with Gasteiger partial charge in [-0.15, -0.1) is 11.3 Å². The molecule has 0 radical (unpaired) electrons. The smallest absolute Gasteiger partial charge is 0.121 e. The van der Waals surface area contributed by atoms with Crippen molar-refractivity contribution in [2.45, 2.75) is 39.5 Å². The summed E-state index contributed by atoms with van der Waals surface area (Å²) < 4.78 is 5.20. The minimum absolute atomic E-state index is 0.104. The van der Waals surface area contributed by atoms with Gasteiger partial charge in [0.1, 0.15) is 11.1 Å². The molecule has 0 aliphatic heterocycles. The van der Waals surface area contributed by atoms with Crippen LogP contribution < -0.4 is 5.32 Å². The average molecular weight is 214 g/mol. The van der Waals surface area contributed by atoms with E-state index >= 15 is 0 Å². The molecule has 0 aliphatic carbocycles. The largest absolute Gasteiger partial charge is 0.375 e. The number of nitrogens with one attached hydrogen (secondary N) is 1. The second-order valence-corrected chi connectivity index (χ2v) is 4.73. The zero-order chi connectivity index (χ0) is 10.6. The highest BCUT2D eigenvalue weighted by Crippen LogP contribution is 2.21. The molecule has 4 heteroatoms. The first kappa shape index (κ1) is 11.6. The molecule has 1 atom stereocenters. The molecule has 0 saturated carbocycles. The highest BCUT2D eigenvalue weighted by atomic mass is 32.1. The molecule has 1 heterocycles. The van der Waals surface area contributed by atoms with Crippen LogP contribution in [0.2, 0.25) is 0 Å². The number of methoxy groups -OCH3 is 1. The van der Waals surface area contributed by atoms with E-state index in [-0.39, 0.29) is 6.10 Å². The number of aromatic nitrogens is 1. The summed E-state index contributed by atoms with van der Waals surface area (Å²) >= 11 is 1.71.